The number of hydrogen-bond donors (Lipinski definition) is 1. The molecule has 0 aromatic carbocycles. The second-order valence-corrected chi connectivity index (χ2v) is 6.70. The molecule has 3 rings (SSSR count). The Hall–Kier alpha value is -0.160. The van der Waals surface area contributed by atoms with Crippen molar-refractivity contribution in [2.24, 2.45) is 5.92 Å². The number of rotatable bonds is 3. The molecule has 0 saturated carbocycles. The van der Waals surface area contributed by atoms with Gasteiger partial charge in [0.2, 0.25) is 0 Å². The largest absolute Gasteiger partial charge is 0.317 e. The van der Waals surface area contributed by atoms with E-state index < -0.39 is 0 Å². The van der Waals surface area contributed by atoms with Gasteiger partial charge in [-0.25, -0.2) is 4.98 Å². The topological polar surface area (TPSA) is 28.2 Å². The summed E-state index contributed by atoms with van der Waals surface area (Å²) >= 11 is 1.79. The number of thiazole rings is 1. The van der Waals surface area contributed by atoms with Crippen molar-refractivity contribution in [3.05, 3.63) is 16.1 Å². The lowest BCUT2D eigenvalue weighted by atomic mass is 9.97. The van der Waals surface area contributed by atoms with Gasteiger partial charge < -0.3 is 5.32 Å². The first-order valence-corrected chi connectivity index (χ1v) is 8.07. The zero-order valence-electron chi connectivity index (χ0n) is 11.6. The minimum atomic E-state index is 0. The number of hydrogen-bond acceptors (Lipinski definition) is 4. The van der Waals surface area contributed by atoms with E-state index in [1.807, 2.05) is 0 Å². The summed E-state index contributed by atoms with van der Waals surface area (Å²) < 4.78 is 0. The summed E-state index contributed by atoms with van der Waals surface area (Å²) in [5.74, 6) is 0.895. The molecule has 1 unspecified atom stereocenters. The fourth-order valence-electron chi connectivity index (χ4n) is 3.31. The summed E-state index contributed by atoms with van der Waals surface area (Å²) in [5, 5.41) is 6.93. The van der Waals surface area contributed by atoms with Crippen LogP contribution in [0.4, 0.5) is 0 Å². The third-order valence-corrected chi connectivity index (χ3v) is 5.09. The summed E-state index contributed by atoms with van der Waals surface area (Å²) in [6, 6.07) is 0.602. The SMILES string of the molecule is Cc1nc(C2CCCN2CC2CCNCC2)cs1.Cl. The van der Waals surface area contributed by atoms with Gasteiger partial charge in [0.1, 0.15) is 0 Å². The van der Waals surface area contributed by atoms with E-state index in [0.29, 0.717) is 6.04 Å². The maximum Gasteiger partial charge on any atom is 0.0898 e. The zero-order chi connectivity index (χ0) is 12.4. The van der Waals surface area contributed by atoms with E-state index in [-0.39, 0.29) is 12.4 Å². The van der Waals surface area contributed by atoms with Crippen molar-refractivity contribution in [2.75, 3.05) is 26.2 Å². The summed E-state index contributed by atoms with van der Waals surface area (Å²) in [6.45, 7) is 7.08. The third-order valence-electron chi connectivity index (χ3n) is 4.29. The average molecular weight is 302 g/mol. The molecule has 19 heavy (non-hydrogen) atoms. The van der Waals surface area contributed by atoms with E-state index in [0.717, 1.165) is 5.92 Å². The van der Waals surface area contributed by atoms with Crippen molar-refractivity contribution in [3.63, 3.8) is 0 Å². The van der Waals surface area contributed by atoms with Crippen molar-refractivity contribution in [1.29, 1.82) is 0 Å². The van der Waals surface area contributed by atoms with E-state index in [1.165, 1.54) is 62.6 Å². The molecule has 108 valence electrons. The molecule has 1 N–H and O–H groups in total. The van der Waals surface area contributed by atoms with Crippen molar-refractivity contribution in [1.82, 2.24) is 15.2 Å². The van der Waals surface area contributed by atoms with Gasteiger partial charge in [-0.15, -0.1) is 23.7 Å². The minimum absolute atomic E-state index is 0. The van der Waals surface area contributed by atoms with Crippen LogP contribution in [0.2, 0.25) is 0 Å². The molecule has 0 aliphatic carbocycles. The van der Waals surface area contributed by atoms with Gasteiger partial charge in [-0.1, -0.05) is 0 Å². The van der Waals surface area contributed by atoms with Crippen LogP contribution in [0.15, 0.2) is 5.38 Å². The van der Waals surface area contributed by atoms with E-state index >= 15 is 0 Å². The Balaban J connectivity index is 0.00000133. The van der Waals surface area contributed by atoms with E-state index in [4.69, 9.17) is 4.98 Å². The molecule has 1 aromatic heterocycles. The van der Waals surface area contributed by atoms with Crippen LogP contribution >= 0.6 is 23.7 Å². The predicted octanol–water partition coefficient (Wildman–Crippen LogP) is 3.01. The molecule has 1 aromatic rings. The highest BCUT2D eigenvalue weighted by Gasteiger charge is 2.29. The number of nitrogens with zero attached hydrogens (tertiary/aromatic N) is 2. The zero-order valence-corrected chi connectivity index (χ0v) is 13.2. The molecular formula is C14H24ClN3S. The second-order valence-electron chi connectivity index (χ2n) is 5.64. The highest BCUT2D eigenvalue weighted by atomic mass is 35.5. The first kappa shape index (κ1) is 15.2. The van der Waals surface area contributed by atoms with Gasteiger partial charge in [0.05, 0.1) is 16.7 Å². The first-order chi connectivity index (χ1) is 8.83. The van der Waals surface area contributed by atoms with Gasteiger partial charge in [0.25, 0.3) is 0 Å². The van der Waals surface area contributed by atoms with Crippen molar-refractivity contribution >= 4 is 23.7 Å². The molecule has 2 aliphatic rings. The van der Waals surface area contributed by atoms with Crippen molar-refractivity contribution in [3.8, 4) is 0 Å². The fraction of sp³-hybridized carbons (Fsp3) is 0.786. The van der Waals surface area contributed by atoms with E-state index in [9.17, 15) is 0 Å². The summed E-state index contributed by atoms with van der Waals surface area (Å²) in [4.78, 5) is 7.39. The van der Waals surface area contributed by atoms with Crippen LogP contribution in [-0.2, 0) is 0 Å². The highest BCUT2D eigenvalue weighted by Crippen LogP contribution is 2.33. The Morgan fingerprint density at radius 1 is 1.37 bits per heavy atom. The molecular weight excluding hydrogens is 278 g/mol. The van der Waals surface area contributed by atoms with Crippen LogP contribution in [0.5, 0.6) is 0 Å². The summed E-state index contributed by atoms with van der Waals surface area (Å²) in [7, 11) is 0. The minimum Gasteiger partial charge on any atom is -0.317 e. The lowest BCUT2D eigenvalue weighted by molar-refractivity contribution is 0.191. The molecule has 2 fully saturated rings. The summed E-state index contributed by atoms with van der Waals surface area (Å²) in [5.41, 5.74) is 1.32. The number of aryl methyl sites for hydroxylation is 1. The number of piperidine rings is 1. The lowest BCUT2D eigenvalue weighted by Crippen LogP contribution is -2.36. The molecule has 3 nitrogen and oxygen atoms in total. The van der Waals surface area contributed by atoms with Crippen LogP contribution in [0.3, 0.4) is 0 Å². The maximum atomic E-state index is 4.70. The number of aromatic nitrogens is 1. The Morgan fingerprint density at radius 3 is 2.84 bits per heavy atom. The van der Waals surface area contributed by atoms with E-state index in [1.54, 1.807) is 11.3 Å². The molecule has 1 atom stereocenters. The Bertz CT molecular complexity index is 390. The van der Waals surface area contributed by atoms with E-state index in [2.05, 4.69) is 22.5 Å². The van der Waals surface area contributed by atoms with Gasteiger partial charge in [-0.3, -0.25) is 4.90 Å². The number of likely N-dealkylation sites (tertiary alicyclic amines) is 1. The Labute approximate surface area is 126 Å². The maximum absolute atomic E-state index is 4.70. The molecule has 2 aliphatic heterocycles. The average Bonchev–Trinajstić information content (AvgIpc) is 2.99. The molecule has 5 heteroatoms. The third kappa shape index (κ3) is 3.69. The van der Waals surface area contributed by atoms with Crippen molar-refractivity contribution < 1.29 is 0 Å². The Morgan fingerprint density at radius 2 is 2.16 bits per heavy atom. The standard InChI is InChI=1S/C14H23N3S.ClH/c1-11-16-13(10-18-11)14-3-2-8-17(14)9-12-4-6-15-7-5-12;/h10,12,14-15H,2-9H2,1H3;1H. The summed E-state index contributed by atoms with van der Waals surface area (Å²) in [6.07, 6.45) is 5.33. The van der Waals surface area contributed by atoms with Crippen LogP contribution in [-0.4, -0.2) is 36.1 Å². The number of halogens is 1. The second kappa shape index (κ2) is 7.02. The van der Waals surface area contributed by atoms with Crippen LogP contribution in [0.1, 0.15) is 42.4 Å². The van der Waals surface area contributed by atoms with Gasteiger partial charge in [-0.05, 0) is 58.2 Å². The molecule has 0 radical (unpaired) electrons. The van der Waals surface area contributed by atoms with Crippen LogP contribution in [0, 0.1) is 12.8 Å². The predicted molar refractivity (Wildman–Crippen MR) is 83.2 cm³/mol. The van der Waals surface area contributed by atoms with Gasteiger partial charge in [0, 0.05) is 11.9 Å². The van der Waals surface area contributed by atoms with Crippen molar-refractivity contribution in [2.45, 2.75) is 38.6 Å². The molecule has 0 spiro atoms. The smallest absolute Gasteiger partial charge is 0.0898 e. The molecule has 3 heterocycles. The first-order valence-electron chi connectivity index (χ1n) is 7.20. The number of nitrogens with one attached hydrogen (secondary N) is 1. The Kier molecular flexibility index (Phi) is 5.63. The molecule has 0 bridgehead atoms. The molecule has 2 saturated heterocycles. The van der Waals surface area contributed by atoms with Gasteiger partial charge >= 0.3 is 0 Å². The highest BCUT2D eigenvalue weighted by molar-refractivity contribution is 7.09. The quantitative estimate of drug-likeness (QED) is 0.930. The fourth-order valence-corrected chi connectivity index (χ4v) is 3.97. The van der Waals surface area contributed by atoms with Gasteiger partial charge in [0.15, 0.2) is 0 Å². The molecule has 0 amide bonds. The monoisotopic (exact) mass is 301 g/mol. The van der Waals surface area contributed by atoms with Crippen LogP contribution in [0.25, 0.3) is 0 Å². The van der Waals surface area contributed by atoms with Crippen LogP contribution < -0.4 is 5.32 Å². The van der Waals surface area contributed by atoms with Gasteiger partial charge in [-0.2, -0.15) is 0 Å². The lowest BCUT2D eigenvalue weighted by Gasteiger charge is -2.30. The normalized spacial score (nSPS) is 25.4.